The highest BCUT2D eigenvalue weighted by molar-refractivity contribution is 9.11. The van der Waals surface area contributed by atoms with Crippen molar-refractivity contribution < 1.29 is 8.42 Å². The van der Waals surface area contributed by atoms with Crippen LogP contribution in [0.3, 0.4) is 0 Å². The van der Waals surface area contributed by atoms with Gasteiger partial charge in [-0.15, -0.1) is 22.7 Å². The lowest BCUT2D eigenvalue weighted by Gasteiger charge is -2.32. The number of fused-ring (bicyclic) bond motifs is 1. The molecule has 3 aromatic rings. The van der Waals surface area contributed by atoms with Crippen molar-refractivity contribution in [1.29, 1.82) is 0 Å². The van der Waals surface area contributed by atoms with E-state index >= 15 is 0 Å². The summed E-state index contributed by atoms with van der Waals surface area (Å²) in [5.74, 6) is 0. The van der Waals surface area contributed by atoms with Crippen LogP contribution in [0.1, 0.15) is 30.3 Å². The summed E-state index contributed by atoms with van der Waals surface area (Å²) in [6, 6.07) is 11.3. The van der Waals surface area contributed by atoms with Crippen LogP contribution in [0.15, 0.2) is 44.4 Å². The van der Waals surface area contributed by atoms with Crippen molar-refractivity contribution in [3.8, 4) is 0 Å². The van der Waals surface area contributed by atoms with Crippen molar-refractivity contribution in [2.24, 2.45) is 0 Å². The van der Waals surface area contributed by atoms with Crippen LogP contribution in [-0.4, -0.2) is 24.3 Å². The number of sulfonamides is 1. The van der Waals surface area contributed by atoms with Gasteiger partial charge >= 0.3 is 0 Å². The molecule has 1 aliphatic heterocycles. The molecule has 4 rings (SSSR count). The highest BCUT2D eigenvalue weighted by Crippen LogP contribution is 2.40. The third-order valence-electron chi connectivity index (χ3n) is 4.16. The largest absolute Gasteiger partial charge is 0.253 e. The second kappa shape index (κ2) is 6.49. The average molecular weight is 443 g/mol. The summed E-state index contributed by atoms with van der Waals surface area (Å²) in [4.78, 5) is 4.71. The molecule has 24 heavy (non-hydrogen) atoms. The van der Waals surface area contributed by atoms with Crippen LogP contribution < -0.4 is 0 Å². The molecule has 1 saturated heterocycles. The Morgan fingerprint density at radius 3 is 2.71 bits per heavy atom. The summed E-state index contributed by atoms with van der Waals surface area (Å²) in [7, 11) is -3.49. The Morgan fingerprint density at radius 2 is 1.96 bits per heavy atom. The van der Waals surface area contributed by atoms with E-state index in [4.69, 9.17) is 4.98 Å². The van der Waals surface area contributed by atoms with Crippen LogP contribution in [0.2, 0.25) is 0 Å². The minimum atomic E-state index is -3.49. The monoisotopic (exact) mass is 442 g/mol. The molecule has 2 aromatic heterocycles. The first-order valence-electron chi connectivity index (χ1n) is 7.68. The predicted octanol–water partition coefficient (Wildman–Crippen LogP) is 5.04. The molecule has 4 nitrogen and oxygen atoms in total. The number of nitrogens with zero attached hydrogens (tertiary/aromatic N) is 2. The summed E-state index contributed by atoms with van der Waals surface area (Å²) in [5.41, 5.74) is 0.944. The number of rotatable bonds is 3. The van der Waals surface area contributed by atoms with Crippen molar-refractivity contribution in [3.05, 3.63) is 45.2 Å². The maximum Gasteiger partial charge on any atom is 0.253 e. The lowest BCUT2D eigenvalue weighted by molar-refractivity contribution is 0.256. The molecule has 1 aliphatic rings. The zero-order valence-electron chi connectivity index (χ0n) is 12.7. The SMILES string of the molecule is O=S(=O)(c1ccc(Br)s1)N1CCCC[C@H]1c1nc2ccccc2s1. The number of aromatic nitrogens is 1. The van der Waals surface area contributed by atoms with E-state index in [1.807, 2.05) is 24.3 Å². The van der Waals surface area contributed by atoms with Crippen molar-refractivity contribution in [1.82, 2.24) is 9.29 Å². The van der Waals surface area contributed by atoms with Gasteiger partial charge in [-0.05, 0) is 53.0 Å². The van der Waals surface area contributed by atoms with Gasteiger partial charge in [0.15, 0.2) is 0 Å². The van der Waals surface area contributed by atoms with Gasteiger partial charge in [-0.25, -0.2) is 13.4 Å². The van der Waals surface area contributed by atoms with Crippen molar-refractivity contribution >= 4 is 58.8 Å². The van der Waals surface area contributed by atoms with Gasteiger partial charge in [-0.2, -0.15) is 4.31 Å². The zero-order valence-corrected chi connectivity index (χ0v) is 16.7. The average Bonchev–Trinajstić information content (AvgIpc) is 3.21. The van der Waals surface area contributed by atoms with E-state index < -0.39 is 10.0 Å². The third kappa shape index (κ3) is 2.94. The normalized spacial score (nSPS) is 19.8. The van der Waals surface area contributed by atoms with Crippen molar-refractivity contribution in [2.45, 2.75) is 29.5 Å². The zero-order chi connectivity index (χ0) is 16.7. The first-order valence-corrected chi connectivity index (χ1v) is 11.5. The number of thiophene rings is 1. The molecule has 3 heterocycles. The number of piperidine rings is 1. The molecule has 1 aromatic carbocycles. The van der Waals surface area contributed by atoms with E-state index in [-0.39, 0.29) is 6.04 Å². The molecule has 0 aliphatic carbocycles. The Kier molecular flexibility index (Phi) is 4.51. The summed E-state index contributed by atoms with van der Waals surface area (Å²) in [6.07, 6.45) is 2.75. The molecule has 126 valence electrons. The molecule has 0 radical (unpaired) electrons. The maximum atomic E-state index is 13.1. The van der Waals surface area contributed by atoms with E-state index in [0.29, 0.717) is 10.8 Å². The smallest absolute Gasteiger partial charge is 0.239 e. The van der Waals surface area contributed by atoms with Crippen LogP contribution in [0.5, 0.6) is 0 Å². The first kappa shape index (κ1) is 16.7. The van der Waals surface area contributed by atoms with E-state index in [9.17, 15) is 8.42 Å². The van der Waals surface area contributed by atoms with Gasteiger partial charge in [0.1, 0.15) is 9.22 Å². The molecular formula is C16H15BrN2O2S3. The van der Waals surface area contributed by atoms with Crippen LogP contribution in [0.4, 0.5) is 0 Å². The van der Waals surface area contributed by atoms with E-state index in [1.54, 1.807) is 27.8 Å². The molecular weight excluding hydrogens is 428 g/mol. The quantitative estimate of drug-likeness (QED) is 0.570. The molecule has 0 N–H and O–H groups in total. The Morgan fingerprint density at radius 1 is 1.12 bits per heavy atom. The van der Waals surface area contributed by atoms with Gasteiger partial charge in [-0.3, -0.25) is 0 Å². The molecule has 8 heteroatoms. The molecule has 1 fully saturated rings. The Labute approximate surface area is 157 Å². The predicted molar refractivity (Wildman–Crippen MR) is 102 cm³/mol. The van der Waals surface area contributed by atoms with Gasteiger partial charge in [-0.1, -0.05) is 18.6 Å². The summed E-state index contributed by atoms with van der Waals surface area (Å²) < 4.78 is 30.2. The molecule has 0 bridgehead atoms. The second-order valence-electron chi connectivity index (χ2n) is 5.71. The molecule has 0 amide bonds. The van der Waals surface area contributed by atoms with Gasteiger partial charge in [0.05, 0.1) is 20.0 Å². The lowest BCUT2D eigenvalue weighted by Crippen LogP contribution is -2.38. The second-order valence-corrected chi connectivity index (χ2v) is 11.3. The van der Waals surface area contributed by atoms with Crippen LogP contribution >= 0.6 is 38.6 Å². The van der Waals surface area contributed by atoms with Crippen LogP contribution in [0, 0.1) is 0 Å². The Balaban J connectivity index is 1.75. The van der Waals surface area contributed by atoms with E-state index in [2.05, 4.69) is 15.9 Å². The summed E-state index contributed by atoms with van der Waals surface area (Å²) >= 11 is 6.22. The van der Waals surface area contributed by atoms with Crippen LogP contribution in [0.25, 0.3) is 10.2 Å². The van der Waals surface area contributed by atoms with Gasteiger partial charge in [0.2, 0.25) is 0 Å². The maximum absolute atomic E-state index is 13.1. The number of para-hydroxylation sites is 1. The minimum absolute atomic E-state index is 0.165. The van der Waals surface area contributed by atoms with Gasteiger partial charge in [0, 0.05) is 6.54 Å². The van der Waals surface area contributed by atoms with Crippen molar-refractivity contribution in [3.63, 3.8) is 0 Å². The van der Waals surface area contributed by atoms with Gasteiger partial charge < -0.3 is 0 Å². The lowest BCUT2D eigenvalue weighted by atomic mass is 10.1. The molecule has 0 unspecified atom stereocenters. The summed E-state index contributed by atoms with van der Waals surface area (Å²) in [6.45, 7) is 0.554. The summed E-state index contributed by atoms with van der Waals surface area (Å²) in [5, 5.41) is 0.898. The van der Waals surface area contributed by atoms with E-state index in [0.717, 1.165) is 38.3 Å². The first-order chi connectivity index (χ1) is 11.6. The molecule has 0 saturated carbocycles. The minimum Gasteiger partial charge on any atom is -0.239 e. The van der Waals surface area contributed by atoms with Gasteiger partial charge in [0.25, 0.3) is 10.0 Å². The van der Waals surface area contributed by atoms with E-state index in [1.165, 1.54) is 11.3 Å². The van der Waals surface area contributed by atoms with Crippen molar-refractivity contribution in [2.75, 3.05) is 6.54 Å². The number of hydrogen-bond acceptors (Lipinski definition) is 5. The number of halogens is 1. The standard InChI is InChI=1S/C16H15BrN2O2S3/c17-14-8-9-15(23-14)24(20,21)19-10-4-3-6-12(19)16-18-11-5-1-2-7-13(11)22-16/h1-2,5,7-9,12H,3-4,6,10H2/t12-/m0/s1. The fourth-order valence-electron chi connectivity index (χ4n) is 3.02. The number of benzene rings is 1. The fourth-order valence-corrected chi connectivity index (χ4v) is 8.01. The highest BCUT2D eigenvalue weighted by Gasteiger charge is 2.36. The molecule has 0 spiro atoms. The Hall–Kier alpha value is -0.800. The number of thiazole rings is 1. The third-order valence-corrected chi connectivity index (χ3v) is 9.30. The van der Waals surface area contributed by atoms with Crippen LogP contribution in [-0.2, 0) is 10.0 Å². The fraction of sp³-hybridized carbons (Fsp3) is 0.312. The highest BCUT2D eigenvalue weighted by atomic mass is 79.9. The molecule has 1 atom stereocenters. The Bertz CT molecular complexity index is 947. The topological polar surface area (TPSA) is 50.3 Å². The number of hydrogen-bond donors (Lipinski definition) is 0.